The highest BCUT2D eigenvalue weighted by atomic mass is 32.1. The van der Waals surface area contributed by atoms with Crippen LogP contribution in [-0.2, 0) is 11.2 Å². The normalized spacial score (nSPS) is 23.1. The highest BCUT2D eigenvalue weighted by Gasteiger charge is 2.26. The number of nitrogens with zero attached hydrogens (tertiary/aromatic N) is 1. The van der Waals surface area contributed by atoms with Gasteiger partial charge in [0.05, 0.1) is 16.6 Å². The van der Waals surface area contributed by atoms with Crippen LogP contribution in [-0.4, -0.2) is 17.3 Å². The number of benzene rings is 1. The zero-order valence-corrected chi connectivity index (χ0v) is 12.4. The first-order chi connectivity index (χ1) is 9.76. The fraction of sp³-hybridized carbons (Fsp3) is 0.500. The minimum atomic E-state index is 0.227. The molecular weight excluding hydrogens is 268 g/mol. The van der Waals surface area contributed by atoms with Crippen molar-refractivity contribution in [2.75, 3.05) is 6.54 Å². The Morgan fingerprint density at radius 3 is 2.70 bits per heavy atom. The summed E-state index contributed by atoms with van der Waals surface area (Å²) in [7, 11) is 0. The van der Waals surface area contributed by atoms with Crippen molar-refractivity contribution in [3.8, 4) is 0 Å². The van der Waals surface area contributed by atoms with Crippen molar-refractivity contribution >= 4 is 27.3 Å². The Bertz CT molecular complexity index is 566. The number of aromatic nitrogens is 1. The van der Waals surface area contributed by atoms with Crippen LogP contribution in [0.5, 0.6) is 0 Å². The van der Waals surface area contributed by atoms with E-state index in [-0.39, 0.29) is 5.92 Å². The predicted molar refractivity (Wildman–Crippen MR) is 82.8 cm³/mol. The van der Waals surface area contributed by atoms with Crippen LogP contribution in [0.3, 0.4) is 0 Å². The maximum Gasteiger partial charge on any atom is 0.142 e. The molecule has 3 nitrogen and oxygen atoms in total. The molecule has 2 N–H and O–H groups in total. The summed E-state index contributed by atoms with van der Waals surface area (Å²) in [6.07, 6.45) is 4.72. The molecule has 0 atom stereocenters. The van der Waals surface area contributed by atoms with E-state index in [4.69, 9.17) is 5.73 Å². The molecule has 20 heavy (non-hydrogen) atoms. The van der Waals surface area contributed by atoms with Crippen LogP contribution < -0.4 is 5.73 Å². The van der Waals surface area contributed by atoms with E-state index in [1.165, 1.54) is 4.70 Å². The van der Waals surface area contributed by atoms with Crippen LogP contribution >= 0.6 is 11.3 Å². The van der Waals surface area contributed by atoms with Crippen molar-refractivity contribution in [2.45, 2.75) is 32.1 Å². The number of Topliss-reactive ketones (excluding diaryl/α,β-unsaturated/α-hetero) is 1. The number of thiazole rings is 1. The molecule has 2 aromatic rings. The third kappa shape index (κ3) is 2.91. The molecule has 1 aromatic heterocycles. The summed E-state index contributed by atoms with van der Waals surface area (Å²) in [5.41, 5.74) is 6.70. The quantitative estimate of drug-likeness (QED) is 0.940. The molecule has 1 heterocycles. The fourth-order valence-electron chi connectivity index (χ4n) is 3.01. The second-order valence-corrected chi connectivity index (χ2v) is 6.79. The standard InChI is InChI=1S/C16H20N2OS/c17-10-11-5-7-12(8-6-11)14(19)9-16-18-13-3-1-2-4-15(13)20-16/h1-4,11-12H,5-10,17H2. The second kappa shape index (κ2) is 6.02. The lowest BCUT2D eigenvalue weighted by molar-refractivity contribution is -0.123. The number of ketones is 1. The summed E-state index contributed by atoms with van der Waals surface area (Å²) in [6.45, 7) is 0.763. The maximum absolute atomic E-state index is 12.4. The molecule has 0 unspecified atom stereocenters. The summed E-state index contributed by atoms with van der Waals surface area (Å²) in [5, 5.41) is 0.956. The van der Waals surface area contributed by atoms with Crippen molar-refractivity contribution in [2.24, 2.45) is 17.6 Å². The van der Waals surface area contributed by atoms with Gasteiger partial charge in [0.15, 0.2) is 0 Å². The van der Waals surface area contributed by atoms with Crippen molar-refractivity contribution in [1.29, 1.82) is 0 Å². The Morgan fingerprint density at radius 1 is 1.25 bits per heavy atom. The summed E-state index contributed by atoms with van der Waals surface area (Å²) in [5.74, 6) is 1.21. The maximum atomic E-state index is 12.4. The molecule has 0 aliphatic heterocycles. The van der Waals surface area contributed by atoms with Gasteiger partial charge in [-0.3, -0.25) is 4.79 Å². The van der Waals surface area contributed by atoms with Gasteiger partial charge in [-0.15, -0.1) is 11.3 Å². The Kier molecular flexibility index (Phi) is 4.13. The van der Waals surface area contributed by atoms with Crippen molar-refractivity contribution in [1.82, 2.24) is 4.98 Å². The first kappa shape index (κ1) is 13.7. The molecule has 1 saturated carbocycles. The summed E-state index contributed by atoms with van der Waals surface area (Å²) in [4.78, 5) is 16.9. The number of carbonyl (C=O) groups excluding carboxylic acids is 1. The number of para-hydroxylation sites is 1. The fourth-order valence-corrected chi connectivity index (χ4v) is 3.99. The van der Waals surface area contributed by atoms with Gasteiger partial charge in [0.25, 0.3) is 0 Å². The largest absolute Gasteiger partial charge is 0.330 e. The van der Waals surface area contributed by atoms with E-state index < -0.39 is 0 Å². The van der Waals surface area contributed by atoms with Crippen LogP contribution in [0.25, 0.3) is 10.2 Å². The van der Waals surface area contributed by atoms with Crippen LogP contribution in [0.1, 0.15) is 30.7 Å². The van der Waals surface area contributed by atoms with Gasteiger partial charge in [-0.05, 0) is 50.3 Å². The molecule has 1 aliphatic carbocycles. The van der Waals surface area contributed by atoms with Crippen LogP contribution in [0.4, 0.5) is 0 Å². The van der Waals surface area contributed by atoms with Gasteiger partial charge in [0, 0.05) is 5.92 Å². The second-order valence-electron chi connectivity index (χ2n) is 5.67. The lowest BCUT2D eigenvalue weighted by atomic mass is 9.79. The average molecular weight is 288 g/mol. The lowest BCUT2D eigenvalue weighted by Gasteiger charge is -2.26. The van der Waals surface area contributed by atoms with Gasteiger partial charge < -0.3 is 5.73 Å². The molecule has 1 fully saturated rings. The molecule has 0 saturated heterocycles. The molecule has 0 radical (unpaired) electrons. The number of nitrogens with two attached hydrogens (primary N) is 1. The van der Waals surface area contributed by atoms with E-state index in [1.54, 1.807) is 11.3 Å². The average Bonchev–Trinajstić information content (AvgIpc) is 2.89. The number of fused-ring (bicyclic) bond motifs is 1. The van der Waals surface area contributed by atoms with Crippen LogP contribution in [0, 0.1) is 11.8 Å². The Hall–Kier alpha value is -1.26. The molecule has 3 rings (SSSR count). The van der Waals surface area contributed by atoms with Crippen molar-refractivity contribution in [3.05, 3.63) is 29.3 Å². The van der Waals surface area contributed by atoms with Gasteiger partial charge in [0.1, 0.15) is 10.8 Å². The van der Waals surface area contributed by atoms with Crippen LogP contribution in [0.15, 0.2) is 24.3 Å². The summed E-state index contributed by atoms with van der Waals surface area (Å²) in [6, 6.07) is 8.07. The van der Waals surface area contributed by atoms with E-state index in [1.807, 2.05) is 18.2 Å². The lowest BCUT2D eigenvalue weighted by Crippen LogP contribution is -2.26. The Morgan fingerprint density at radius 2 is 2.00 bits per heavy atom. The van der Waals surface area contributed by atoms with Gasteiger partial charge in [-0.1, -0.05) is 12.1 Å². The topological polar surface area (TPSA) is 56.0 Å². The first-order valence-electron chi connectivity index (χ1n) is 7.33. The van der Waals surface area contributed by atoms with Crippen molar-refractivity contribution in [3.63, 3.8) is 0 Å². The molecule has 1 aliphatic rings. The molecule has 0 spiro atoms. The molecular formula is C16H20N2OS. The summed E-state index contributed by atoms with van der Waals surface area (Å²) < 4.78 is 1.17. The molecule has 0 bridgehead atoms. The summed E-state index contributed by atoms with van der Waals surface area (Å²) >= 11 is 1.64. The van der Waals surface area contributed by atoms with E-state index in [0.717, 1.165) is 42.8 Å². The smallest absolute Gasteiger partial charge is 0.142 e. The minimum absolute atomic E-state index is 0.227. The third-order valence-corrected chi connectivity index (χ3v) is 5.34. The minimum Gasteiger partial charge on any atom is -0.330 e. The SMILES string of the molecule is NCC1CCC(C(=O)Cc2nc3ccccc3s2)CC1. The Balaban J connectivity index is 1.64. The Labute approximate surface area is 123 Å². The van der Waals surface area contributed by atoms with Gasteiger partial charge >= 0.3 is 0 Å². The molecule has 1 aromatic carbocycles. The number of hydrogen-bond donors (Lipinski definition) is 1. The van der Waals surface area contributed by atoms with E-state index in [2.05, 4.69) is 11.1 Å². The number of rotatable bonds is 4. The third-order valence-electron chi connectivity index (χ3n) is 4.30. The molecule has 4 heteroatoms. The predicted octanol–water partition coefficient (Wildman–Crippen LogP) is 3.17. The van der Waals surface area contributed by atoms with E-state index in [0.29, 0.717) is 18.1 Å². The van der Waals surface area contributed by atoms with E-state index in [9.17, 15) is 4.79 Å². The van der Waals surface area contributed by atoms with Gasteiger partial charge in [-0.25, -0.2) is 4.98 Å². The monoisotopic (exact) mass is 288 g/mol. The van der Waals surface area contributed by atoms with Gasteiger partial charge in [0.2, 0.25) is 0 Å². The highest BCUT2D eigenvalue weighted by Crippen LogP contribution is 2.30. The first-order valence-corrected chi connectivity index (χ1v) is 8.15. The van der Waals surface area contributed by atoms with Crippen molar-refractivity contribution < 1.29 is 4.79 Å². The number of hydrogen-bond acceptors (Lipinski definition) is 4. The van der Waals surface area contributed by atoms with Gasteiger partial charge in [-0.2, -0.15) is 0 Å². The number of carbonyl (C=O) groups is 1. The molecule has 106 valence electrons. The van der Waals surface area contributed by atoms with Crippen LogP contribution in [0.2, 0.25) is 0 Å². The molecule has 0 amide bonds. The zero-order valence-electron chi connectivity index (χ0n) is 11.5. The van der Waals surface area contributed by atoms with E-state index >= 15 is 0 Å². The highest BCUT2D eigenvalue weighted by molar-refractivity contribution is 7.18. The zero-order chi connectivity index (χ0) is 13.9.